The first-order valence-corrected chi connectivity index (χ1v) is 5.73. The van der Waals surface area contributed by atoms with E-state index in [4.69, 9.17) is 0 Å². The molecule has 90 valence electrons. The van der Waals surface area contributed by atoms with Crippen LogP contribution in [-0.2, 0) is 9.59 Å². The van der Waals surface area contributed by atoms with Gasteiger partial charge in [0.2, 0.25) is 11.8 Å². The standard InChI is InChI=1S/C13H16N2O2/c1-8-5-3-4-6-10(8)9(2)14-11-7-12(16)15-13(11)17/h3-6,9,11,14H,7H2,1-2H3,(H,15,16,17)/t9-,11?/m1/s1. The van der Waals surface area contributed by atoms with Gasteiger partial charge in [-0.2, -0.15) is 0 Å². The highest BCUT2D eigenvalue weighted by Crippen LogP contribution is 2.18. The summed E-state index contributed by atoms with van der Waals surface area (Å²) >= 11 is 0. The molecule has 2 amide bonds. The first kappa shape index (κ1) is 11.8. The van der Waals surface area contributed by atoms with E-state index in [9.17, 15) is 9.59 Å². The number of imide groups is 1. The molecule has 0 spiro atoms. The molecule has 1 saturated heterocycles. The maximum atomic E-state index is 11.4. The molecule has 1 aliphatic rings. The summed E-state index contributed by atoms with van der Waals surface area (Å²) in [6.07, 6.45) is 0.231. The fraction of sp³-hybridized carbons (Fsp3) is 0.385. The van der Waals surface area contributed by atoms with Gasteiger partial charge in [-0.3, -0.25) is 20.2 Å². The second-order valence-electron chi connectivity index (χ2n) is 4.41. The van der Waals surface area contributed by atoms with E-state index in [1.54, 1.807) is 0 Å². The minimum atomic E-state index is -0.405. The average molecular weight is 232 g/mol. The van der Waals surface area contributed by atoms with Gasteiger partial charge in [0.25, 0.3) is 0 Å². The van der Waals surface area contributed by atoms with E-state index in [1.807, 2.05) is 38.1 Å². The van der Waals surface area contributed by atoms with Crippen molar-refractivity contribution in [2.75, 3.05) is 0 Å². The summed E-state index contributed by atoms with van der Waals surface area (Å²) < 4.78 is 0. The van der Waals surface area contributed by atoms with Crippen molar-refractivity contribution in [3.8, 4) is 0 Å². The Hall–Kier alpha value is -1.68. The Morgan fingerprint density at radius 1 is 1.35 bits per heavy atom. The maximum Gasteiger partial charge on any atom is 0.244 e. The Kier molecular flexibility index (Phi) is 3.24. The number of amides is 2. The van der Waals surface area contributed by atoms with Gasteiger partial charge in [0, 0.05) is 6.04 Å². The fourth-order valence-electron chi connectivity index (χ4n) is 2.15. The molecule has 1 aliphatic heterocycles. The molecule has 1 heterocycles. The lowest BCUT2D eigenvalue weighted by Crippen LogP contribution is -2.37. The minimum Gasteiger partial charge on any atom is -0.299 e. The monoisotopic (exact) mass is 232 g/mol. The largest absolute Gasteiger partial charge is 0.299 e. The summed E-state index contributed by atoms with van der Waals surface area (Å²) in [6, 6.07) is 7.67. The van der Waals surface area contributed by atoms with Crippen molar-refractivity contribution < 1.29 is 9.59 Å². The van der Waals surface area contributed by atoms with Crippen LogP contribution in [0.15, 0.2) is 24.3 Å². The predicted molar refractivity (Wildman–Crippen MR) is 64.3 cm³/mol. The molecule has 0 saturated carbocycles. The molecule has 1 aromatic carbocycles. The molecule has 0 radical (unpaired) electrons. The molecule has 1 aromatic rings. The number of aryl methyl sites for hydroxylation is 1. The fourth-order valence-corrected chi connectivity index (χ4v) is 2.15. The van der Waals surface area contributed by atoms with Crippen molar-refractivity contribution in [1.29, 1.82) is 0 Å². The van der Waals surface area contributed by atoms with Gasteiger partial charge >= 0.3 is 0 Å². The van der Waals surface area contributed by atoms with Gasteiger partial charge in [0.05, 0.1) is 12.5 Å². The quantitative estimate of drug-likeness (QED) is 0.766. The van der Waals surface area contributed by atoms with Crippen molar-refractivity contribution in [1.82, 2.24) is 10.6 Å². The van der Waals surface area contributed by atoms with E-state index in [-0.39, 0.29) is 24.3 Å². The molecule has 0 bridgehead atoms. The van der Waals surface area contributed by atoms with Gasteiger partial charge in [0.1, 0.15) is 0 Å². The molecular weight excluding hydrogens is 216 g/mol. The molecule has 4 nitrogen and oxygen atoms in total. The molecule has 17 heavy (non-hydrogen) atoms. The van der Waals surface area contributed by atoms with Crippen LogP contribution in [0.2, 0.25) is 0 Å². The average Bonchev–Trinajstić information content (AvgIpc) is 2.58. The van der Waals surface area contributed by atoms with Crippen LogP contribution in [0.5, 0.6) is 0 Å². The third-order valence-electron chi connectivity index (χ3n) is 3.07. The molecule has 2 rings (SSSR count). The number of carbonyl (C=O) groups is 2. The van der Waals surface area contributed by atoms with Gasteiger partial charge in [-0.1, -0.05) is 24.3 Å². The molecule has 1 unspecified atom stereocenters. The summed E-state index contributed by atoms with van der Waals surface area (Å²) in [5.41, 5.74) is 2.33. The Labute approximate surface area is 100 Å². The number of benzene rings is 1. The van der Waals surface area contributed by atoms with Crippen LogP contribution in [0.25, 0.3) is 0 Å². The Morgan fingerprint density at radius 2 is 2.06 bits per heavy atom. The van der Waals surface area contributed by atoms with Crippen LogP contribution in [0.3, 0.4) is 0 Å². The highest BCUT2D eigenvalue weighted by atomic mass is 16.2. The molecule has 1 fully saturated rings. The van der Waals surface area contributed by atoms with Crippen LogP contribution >= 0.6 is 0 Å². The zero-order valence-electron chi connectivity index (χ0n) is 9.99. The predicted octanol–water partition coefficient (Wildman–Crippen LogP) is 1.06. The number of carbonyl (C=O) groups excluding carboxylic acids is 2. The van der Waals surface area contributed by atoms with E-state index in [0.717, 1.165) is 5.56 Å². The van der Waals surface area contributed by atoms with Gasteiger partial charge in [-0.15, -0.1) is 0 Å². The van der Waals surface area contributed by atoms with Crippen molar-refractivity contribution in [2.45, 2.75) is 32.4 Å². The van der Waals surface area contributed by atoms with E-state index >= 15 is 0 Å². The first-order valence-electron chi connectivity index (χ1n) is 5.73. The highest BCUT2D eigenvalue weighted by Gasteiger charge is 2.31. The summed E-state index contributed by atoms with van der Waals surface area (Å²) in [6.45, 7) is 4.03. The van der Waals surface area contributed by atoms with E-state index in [0.29, 0.717) is 0 Å². The normalized spacial score (nSPS) is 21.4. The SMILES string of the molecule is Cc1ccccc1[C@@H](C)NC1CC(=O)NC1=O. The van der Waals surface area contributed by atoms with E-state index in [2.05, 4.69) is 10.6 Å². The highest BCUT2D eigenvalue weighted by molar-refractivity contribution is 6.05. The Bertz CT molecular complexity index is 456. The Balaban J connectivity index is 2.07. The lowest BCUT2D eigenvalue weighted by molar-refractivity contribution is -0.125. The van der Waals surface area contributed by atoms with Crippen LogP contribution < -0.4 is 10.6 Å². The third kappa shape index (κ3) is 2.53. The van der Waals surface area contributed by atoms with Crippen LogP contribution in [0, 0.1) is 6.92 Å². The van der Waals surface area contributed by atoms with Crippen molar-refractivity contribution >= 4 is 11.8 Å². The summed E-state index contributed by atoms with van der Waals surface area (Å²) in [5.74, 6) is -0.431. The molecule has 0 aromatic heterocycles. The van der Waals surface area contributed by atoms with Crippen molar-refractivity contribution in [2.24, 2.45) is 0 Å². The maximum absolute atomic E-state index is 11.4. The molecule has 0 aliphatic carbocycles. The molecule has 4 heteroatoms. The van der Waals surface area contributed by atoms with Crippen LogP contribution in [0.1, 0.15) is 30.5 Å². The summed E-state index contributed by atoms with van der Waals surface area (Å²) in [7, 11) is 0. The minimum absolute atomic E-state index is 0.0536. The van der Waals surface area contributed by atoms with Crippen LogP contribution in [-0.4, -0.2) is 17.9 Å². The lowest BCUT2D eigenvalue weighted by Gasteiger charge is -2.19. The summed E-state index contributed by atoms with van der Waals surface area (Å²) in [5, 5.41) is 5.48. The van der Waals surface area contributed by atoms with Gasteiger partial charge in [-0.05, 0) is 25.0 Å². The molecule has 2 atom stereocenters. The topological polar surface area (TPSA) is 58.2 Å². The zero-order chi connectivity index (χ0) is 12.4. The second-order valence-corrected chi connectivity index (χ2v) is 4.41. The third-order valence-corrected chi connectivity index (χ3v) is 3.07. The van der Waals surface area contributed by atoms with E-state index in [1.165, 1.54) is 5.56 Å². The number of rotatable bonds is 3. The second kappa shape index (κ2) is 4.67. The van der Waals surface area contributed by atoms with Crippen molar-refractivity contribution in [3.63, 3.8) is 0 Å². The smallest absolute Gasteiger partial charge is 0.244 e. The van der Waals surface area contributed by atoms with Crippen LogP contribution in [0.4, 0.5) is 0 Å². The van der Waals surface area contributed by atoms with Gasteiger partial charge < -0.3 is 0 Å². The molecule has 2 N–H and O–H groups in total. The first-order chi connectivity index (χ1) is 8.08. The lowest BCUT2D eigenvalue weighted by atomic mass is 10.0. The Morgan fingerprint density at radius 3 is 2.65 bits per heavy atom. The molecular formula is C13H16N2O2. The summed E-state index contributed by atoms with van der Waals surface area (Å²) in [4.78, 5) is 22.5. The van der Waals surface area contributed by atoms with E-state index < -0.39 is 6.04 Å². The number of nitrogens with one attached hydrogen (secondary N) is 2. The van der Waals surface area contributed by atoms with Crippen molar-refractivity contribution in [3.05, 3.63) is 35.4 Å². The van der Waals surface area contributed by atoms with Gasteiger partial charge in [0.15, 0.2) is 0 Å². The number of hydrogen-bond acceptors (Lipinski definition) is 3. The zero-order valence-corrected chi connectivity index (χ0v) is 9.99. The number of hydrogen-bond donors (Lipinski definition) is 2. The van der Waals surface area contributed by atoms with Gasteiger partial charge in [-0.25, -0.2) is 0 Å².